The van der Waals surface area contributed by atoms with Crippen LogP contribution in [0.3, 0.4) is 0 Å². The number of amides is 2. The topological polar surface area (TPSA) is 66.5 Å². The van der Waals surface area contributed by atoms with Crippen LogP contribution in [0.25, 0.3) is 0 Å². The van der Waals surface area contributed by atoms with Crippen molar-refractivity contribution in [2.24, 2.45) is 0 Å². The number of sulfone groups is 1. The molecule has 0 aromatic heterocycles. The first-order valence-electron chi connectivity index (χ1n) is 6.49. The monoisotopic (exact) mass is 334 g/mol. The number of nitrogens with zero attached hydrogens (tertiary/aromatic N) is 1. The minimum Gasteiger partial charge on any atom is -0.331 e. The molecule has 21 heavy (non-hydrogen) atoms. The van der Waals surface area contributed by atoms with Gasteiger partial charge in [-0.2, -0.15) is 0 Å². The third-order valence-electron chi connectivity index (χ3n) is 3.40. The molecule has 1 aromatic rings. The molecule has 2 rings (SSSR count). The fraction of sp³-hybridized carbons (Fsp3) is 0.462. The predicted octanol–water partition coefficient (Wildman–Crippen LogP) is 1.98. The van der Waals surface area contributed by atoms with Crippen molar-refractivity contribution in [3.8, 4) is 0 Å². The summed E-state index contributed by atoms with van der Waals surface area (Å²) in [5.41, 5.74) is 0.607. The van der Waals surface area contributed by atoms with Gasteiger partial charge in [0.05, 0.1) is 17.5 Å². The molecule has 1 fully saturated rings. The summed E-state index contributed by atoms with van der Waals surface area (Å²) in [7, 11) is -3.03. The highest BCUT2D eigenvalue weighted by atomic mass is 35.5. The van der Waals surface area contributed by atoms with E-state index in [9.17, 15) is 17.6 Å². The smallest absolute Gasteiger partial charge is 0.317 e. The van der Waals surface area contributed by atoms with E-state index in [1.54, 1.807) is 6.92 Å². The van der Waals surface area contributed by atoms with Gasteiger partial charge in [-0.25, -0.2) is 17.6 Å². The van der Waals surface area contributed by atoms with Crippen LogP contribution in [0.1, 0.15) is 18.5 Å². The third-order valence-corrected chi connectivity index (χ3v) is 5.34. The highest BCUT2D eigenvalue weighted by Gasteiger charge is 2.26. The van der Waals surface area contributed by atoms with Crippen LogP contribution in [0.4, 0.5) is 9.18 Å². The SMILES string of the molecule is C[C@@H](NC(=O)N1CCS(=O)(=O)CC1)c1ccc(F)cc1Cl. The van der Waals surface area contributed by atoms with Crippen LogP contribution in [0.5, 0.6) is 0 Å². The molecular formula is C13H16ClFN2O3S. The van der Waals surface area contributed by atoms with Gasteiger partial charge in [-0.15, -0.1) is 0 Å². The molecule has 1 aliphatic heterocycles. The summed E-state index contributed by atoms with van der Waals surface area (Å²) in [5, 5.41) is 2.98. The van der Waals surface area contributed by atoms with Crippen LogP contribution in [0, 0.1) is 5.82 Å². The Bertz CT molecular complexity index is 637. The number of nitrogens with one attached hydrogen (secondary N) is 1. The van der Waals surface area contributed by atoms with Gasteiger partial charge in [0.1, 0.15) is 5.82 Å². The molecule has 8 heteroatoms. The van der Waals surface area contributed by atoms with Gasteiger partial charge in [0.15, 0.2) is 9.84 Å². The van der Waals surface area contributed by atoms with Gasteiger partial charge in [-0.1, -0.05) is 17.7 Å². The first-order valence-corrected chi connectivity index (χ1v) is 8.69. The number of hydrogen-bond acceptors (Lipinski definition) is 3. The lowest BCUT2D eigenvalue weighted by atomic mass is 10.1. The Labute approximate surface area is 128 Å². The van der Waals surface area contributed by atoms with Crippen LogP contribution >= 0.6 is 11.6 Å². The van der Waals surface area contributed by atoms with Crippen LogP contribution in [0.2, 0.25) is 5.02 Å². The van der Waals surface area contributed by atoms with E-state index < -0.39 is 21.7 Å². The molecule has 0 spiro atoms. The van der Waals surface area contributed by atoms with Crippen molar-refractivity contribution >= 4 is 27.5 Å². The molecule has 5 nitrogen and oxygen atoms in total. The normalized spacial score (nSPS) is 19.1. The number of halogens is 2. The molecule has 1 aliphatic rings. The first kappa shape index (κ1) is 16.0. The maximum atomic E-state index is 13.0. The van der Waals surface area contributed by atoms with Gasteiger partial charge in [0.25, 0.3) is 0 Å². The van der Waals surface area contributed by atoms with Gasteiger partial charge in [-0.05, 0) is 24.6 Å². The lowest BCUT2D eigenvalue weighted by Crippen LogP contribution is -2.48. The van der Waals surface area contributed by atoms with Gasteiger partial charge in [0, 0.05) is 18.1 Å². The van der Waals surface area contributed by atoms with E-state index in [4.69, 9.17) is 11.6 Å². The average molecular weight is 335 g/mol. The van der Waals surface area contributed by atoms with Crippen LogP contribution in [-0.2, 0) is 9.84 Å². The van der Waals surface area contributed by atoms with Gasteiger partial charge in [-0.3, -0.25) is 0 Å². The summed E-state index contributed by atoms with van der Waals surface area (Å²) >= 11 is 5.95. The van der Waals surface area contributed by atoms with Gasteiger partial charge < -0.3 is 10.2 Å². The summed E-state index contributed by atoms with van der Waals surface area (Å²) < 4.78 is 35.7. The zero-order chi connectivity index (χ0) is 15.6. The second kappa shape index (κ2) is 6.19. The summed E-state index contributed by atoms with van der Waals surface area (Å²) in [4.78, 5) is 13.5. The summed E-state index contributed by atoms with van der Waals surface area (Å²) in [6.45, 7) is 2.09. The van der Waals surface area contributed by atoms with Crippen molar-refractivity contribution in [1.29, 1.82) is 0 Å². The fourth-order valence-electron chi connectivity index (χ4n) is 2.12. The Hall–Kier alpha value is -1.34. The van der Waals surface area contributed by atoms with E-state index in [2.05, 4.69) is 5.32 Å². The van der Waals surface area contributed by atoms with E-state index in [1.165, 1.54) is 23.1 Å². The van der Waals surface area contributed by atoms with Crippen molar-refractivity contribution in [3.63, 3.8) is 0 Å². The zero-order valence-corrected chi connectivity index (χ0v) is 13.0. The number of urea groups is 1. The molecule has 1 saturated heterocycles. The highest BCUT2D eigenvalue weighted by Crippen LogP contribution is 2.23. The van der Waals surface area contributed by atoms with E-state index in [0.29, 0.717) is 5.56 Å². The van der Waals surface area contributed by atoms with E-state index >= 15 is 0 Å². The Morgan fingerprint density at radius 2 is 2.00 bits per heavy atom. The Morgan fingerprint density at radius 1 is 1.38 bits per heavy atom. The number of hydrogen-bond donors (Lipinski definition) is 1. The van der Waals surface area contributed by atoms with Crippen molar-refractivity contribution in [3.05, 3.63) is 34.6 Å². The maximum Gasteiger partial charge on any atom is 0.317 e. The highest BCUT2D eigenvalue weighted by molar-refractivity contribution is 7.91. The molecule has 0 bridgehead atoms. The number of rotatable bonds is 2. The largest absolute Gasteiger partial charge is 0.331 e. The quantitative estimate of drug-likeness (QED) is 0.899. The molecule has 116 valence electrons. The molecule has 0 saturated carbocycles. The molecule has 2 amide bonds. The predicted molar refractivity (Wildman–Crippen MR) is 78.6 cm³/mol. The maximum absolute atomic E-state index is 13.0. The second-order valence-electron chi connectivity index (χ2n) is 4.98. The zero-order valence-electron chi connectivity index (χ0n) is 11.5. The van der Waals surface area contributed by atoms with Crippen molar-refractivity contribution in [2.45, 2.75) is 13.0 Å². The molecule has 0 radical (unpaired) electrons. The van der Waals surface area contributed by atoms with Crippen LogP contribution < -0.4 is 5.32 Å². The summed E-state index contributed by atoms with van der Waals surface area (Å²) in [6.07, 6.45) is 0. The molecular weight excluding hydrogens is 319 g/mol. The second-order valence-corrected chi connectivity index (χ2v) is 7.69. The minimum atomic E-state index is -3.03. The van der Waals surface area contributed by atoms with E-state index in [1.807, 2.05) is 0 Å². The fourth-order valence-corrected chi connectivity index (χ4v) is 3.65. The first-order chi connectivity index (χ1) is 9.78. The Kier molecular flexibility index (Phi) is 4.73. The van der Waals surface area contributed by atoms with Crippen LogP contribution in [-0.4, -0.2) is 43.9 Å². The van der Waals surface area contributed by atoms with Crippen molar-refractivity contribution < 1.29 is 17.6 Å². The molecule has 0 aliphatic carbocycles. The van der Waals surface area contributed by atoms with Gasteiger partial charge in [0.2, 0.25) is 0 Å². The standard InChI is InChI=1S/C13H16ClFN2O3S/c1-9(11-3-2-10(15)8-12(11)14)16-13(18)17-4-6-21(19,20)7-5-17/h2-3,8-9H,4-7H2,1H3,(H,16,18)/t9-/m1/s1. The van der Waals surface area contributed by atoms with E-state index in [0.717, 1.165) is 0 Å². The lowest BCUT2D eigenvalue weighted by molar-refractivity contribution is 0.199. The number of benzene rings is 1. The Balaban J connectivity index is 1.99. The lowest BCUT2D eigenvalue weighted by Gasteiger charge is -2.28. The molecule has 1 aromatic carbocycles. The average Bonchev–Trinajstić information content (AvgIpc) is 2.38. The minimum absolute atomic E-state index is 0.0217. The van der Waals surface area contributed by atoms with Crippen molar-refractivity contribution in [1.82, 2.24) is 10.2 Å². The molecule has 1 heterocycles. The molecule has 0 unspecified atom stereocenters. The van der Waals surface area contributed by atoms with Crippen molar-refractivity contribution in [2.75, 3.05) is 24.6 Å². The van der Waals surface area contributed by atoms with Crippen LogP contribution in [0.15, 0.2) is 18.2 Å². The van der Waals surface area contributed by atoms with Gasteiger partial charge >= 0.3 is 6.03 Å². The molecule has 1 atom stereocenters. The summed E-state index contributed by atoms with van der Waals surface area (Å²) in [5.74, 6) is -0.485. The molecule has 1 N–H and O–H groups in total. The Morgan fingerprint density at radius 3 is 2.57 bits per heavy atom. The van der Waals surface area contributed by atoms with E-state index in [-0.39, 0.29) is 35.6 Å². The number of carbonyl (C=O) groups is 1. The summed E-state index contributed by atoms with van der Waals surface area (Å²) in [6, 6.07) is 3.23. The third kappa shape index (κ3) is 4.07. The number of carbonyl (C=O) groups excluding carboxylic acids is 1.